The molecule has 0 fully saturated rings. The topological polar surface area (TPSA) is 12.0 Å². The monoisotopic (exact) mass is 301 g/mol. The highest BCUT2D eigenvalue weighted by atomic mass is 79.9. The molecule has 1 rings (SSSR count). The molecule has 0 aliphatic rings. The van der Waals surface area contributed by atoms with Crippen LogP contribution < -0.4 is 5.32 Å². The lowest BCUT2D eigenvalue weighted by atomic mass is 10.2. The van der Waals surface area contributed by atoms with E-state index in [2.05, 4.69) is 21.2 Å². The van der Waals surface area contributed by atoms with Crippen LogP contribution in [0.1, 0.15) is 5.56 Å². The summed E-state index contributed by atoms with van der Waals surface area (Å²) in [6.45, 7) is -0.865. The molecule has 0 radical (unpaired) electrons. The zero-order valence-electron chi connectivity index (χ0n) is 7.54. The average molecular weight is 303 g/mol. The van der Waals surface area contributed by atoms with Gasteiger partial charge in [0.05, 0.1) is 6.54 Å². The van der Waals surface area contributed by atoms with E-state index in [-0.39, 0.29) is 6.54 Å². The fraction of sp³-hybridized carbons (Fsp3) is 0.333. The SMILES string of the molecule is FC(F)(F)CNCc1cc(Cl)cc(Br)c1. The molecule has 0 unspecified atom stereocenters. The summed E-state index contributed by atoms with van der Waals surface area (Å²) in [5.41, 5.74) is 0.707. The molecule has 0 aliphatic carbocycles. The van der Waals surface area contributed by atoms with E-state index in [1.54, 1.807) is 18.2 Å². The molecule has 1 nitrogen and oxygen atoms in total. The Morgan fingerprint density at radius 2 is 1.93 bits per heavy atom. The van der Waals surface area contributed by atoms with Gasteiger partial charge in [-0.15, -0.1) is 0 Å². The van der Waals surface area contributed by atoms with Gasteiger partial charge in [0.25, 0.3) is 0 Å². The van der Waals surface area contributed by atoms with Gasteiger partial charge in [-0.2, -0.15) is 13.2 Å². The largest absolute Gasteiger partial charge is 0.401 e. The molecule has 1 aromatic carbocycles. The molecule has 0 saturated heterocycles. The third kappa shape index (κ3) is 5.39. The summed E-state index contributed by atoms with van der Waals surface area (Å²) in [6.07, 6.45) is -4.18. The molecule has 0 spiro atoms. The maximum atomic E-state index is 11.8. The summed E-state index contributed by atoms with van der Waals surface area (Å²) in [6, 6.07) is 5.01. The molecule has 15 heavy (non-hydrogen) atoms. The molecular weight excluding hydrogens is 294 g/mol. The van der Waals surface area contributed by atoms with Crippen molar-refractivity contribution in [3.8, 4) is 0 Å². The standard InChI is InChI=1S/C9H8BrClF3N/c10-7-1-6(2-8(11)3-7)4-15-5-9(12,13)14/h1-3,15H,4-5H2. The van der Waals surface area contributed by atoms with E-state index in [1.165, 1.54) is 0 Å². The number of nitrogens with one attached hydrogen (secondary N) is 1. The number of rotatable bonds is 3. The minimum absolute atomic E-state index is 0.138. The van der Waals surface area contributed by atoms with Crippen molar-refractivity contribution in [3.63, 3.8) is 0 Å². The Hall–Kier alpha value is -0.260. The number of hydrogen-bond acceptors (Lipinski definition) is 1. The smallest absolute Gasteiger partial charge is 0.305 e. The first-order valence-electron chi connectivity index (χ1n) is 4.09. The van der Waals surface area contributed by atoms with E-state index < -0.39 is 12.7 Å². The fourth-order valence-corrected chi connectivity index (χ4v) is 1.99. The number of benzene rings is 1. The first-order valence-corrected chi connectivity index (χ1v) is 5.26. The lowest BCUT2D eigenvalue weighted by molar-refractivity contribution is -0.125. The molecule has 0 aliphatic heterocycles. The molecular formula is C9H8BrClF3N. The van der Waals surface area contributed by atoms with E-state index in [0.717, 1.165) is 4.47 Å². The first-order chi connectivity index (χ1) is 6.87. The van der Waals surface area contributed by atoms with Gasteiger partial charge in [-0.25, -0.2) is 0 Å². The van der Waals surface area contributed by atoms with Crippen molar-refractivity contribution in [2.45, 2.75) is 12.7 Å². The summed E-state index contributed by atoms with van der Waals surface area (Å²) in [5.74, 6) is 0. The van der Waals surface area contributed by atoms with Gasteiger partial charge in [-0.3, -0.25) is 0 Å². The summed E-state index contributed by atoms with van der Waals surface area (Å²) >= 11 is 8.95. The molecule has 0 aromatic heterocycles. The maximum Gasteiger partial charge on any atom is 0.401 e. The Morgan fingerprint density at radius 3 is 2.47 bits per heavy atom. The van der Waals surface area contributed by atoms with E-state index in [9.17, 15) is 13.2 Å². The van der Waals surface area contributed by atoms with Crippen LogP contribution in [0.4, 0.5) is 13.2 Å². The Balaban J connectivity index is 2.51. The molecule has 84 valence electrons. The molecule has 0 heterocycles. The van der Waals surface area contributed by atoms with Crippen LogP contribution in [0, 0.1) is 0 Å². The quantitative estimate of drug-likeness (QED) is 0.896. The predicted molar refractivity (Wildman–Crippen MR) is 56.9 cm³/mol. The highest BCUT2D eigenvalue weighted by molar-refractivity contribution is 9.10. The summed E-state index contributed by atoms with van der Waals surface area (Å²) in [7, 11) is 0. The molecule has 0 atom stereocenters. The highest BCUT2D eigenvalue weighted by Gasteiger charge is 2.25. The van der Waals surface area contributed by atoms with Crippen LogP contribution in [-0.4, -0.2) is 12.7 Å². The zero-order chi connectivity index (χ0) is 11.5. The highest BCUT2D eigenvalue weighted by Crippen LogP contribution is 2.19. The Labute approximate surface area is 98.7 Å². The lowest BCUT2D eigenvalue weighted by Crippen LogP contribution is -2.28. The lowest BCUT2D eigenvalue weighted by Gasteiger charge is -2.08. The van der Waals surface area contributed by atoms with E-state index in [0.29, 0.717) is 10.6 Å². The Morgan fingerprint density at radius 1 is 1.27 bits per heavy atom. The van der Waals surface area contributed by atoms with Crippen molar-refractivity contribution in [1.29, 1.82) is 0 Å². The van der Waals surface area contributed by atoms with Gasteiger partial charge in [0.1, 0.15) is 0 Å². The summed E-state index contributed by atoms with van der Waals surface area (Å²) < 4.78 is 36.2. The van der Waals surface area contributed by atoms with Crippen LogP contribution in [-0.2, 0) is 6.54 Å². The van der Waals surface area contributed by atoms with Gasteiger partial charge in [0.2, 0.25) is 0 Å². The average Bonchev–Trinajstić information content (AvgIpc) is 1.99. The van der Waals surface area contributed by atoms with Crippen LogP contribution in [0.25, 0.3) is 0 Å². The minimum Gasteiger partial charge on any atom is -0.305 e. The molecule has 1 N–H and O–H groups in total. The van der Waals surface area contributed by atoms with Crippen molar-refractivity contribution < 1.29 is 13.2 Å². The fourth-order valence-electron chi connectivity index (χ4n) is 1.06. The van der Waals surface area contributed by atoms with Gasteiger partial charge >= 0.3 is 6.18 Å². The van der Waals surface area contributed by atoms with Gasteiger partial charge in [-0.05, 0) is 23.8 Å². The van der Waals surface area contributed by atoms with Crippen LogP contribution in [0.3, 0.4) is 0 Å². The van der Waals surface area contributed by atoms with Crippen LogP contribution in [0.2, 0.25) is 5.02 Å². The van der Waals surface area contributed by atoms with Crippen molar-refractivity contribution in [2.75, 3.05) is 6.54 Å². The van der Waals surface area contributed by atoms with Gasteiger partial charge in [0.15, 0.2) is 0 Å². The van der Waals surface area contributed by atoms with Crippen LogP contribution in [0.5, 0.6) is 0 Å². The molecule has 0 saturated carbocycles. The predicted octanol–water partition coefficient (Wildman–Crippen LogP) is 3.75. The second-order valence-corrected chi connectivity index (χ2v) is 4.35. The molecule has 0 bridgehead atoms. The minimum atomic E-state index is -4.18. The van der Waals surface area contributed by atoms with Crippen LogP contribution >= 0.6 is 27.5 Å². The Kier molecular flexibility index (Phi) is 4.43. The van der Waals surface area contributed by atoms with E-state index in [1.807, 2.05) is 0 Å². The molecule has 0 amide bonds. The third-order valence-electron chi connectivity index (χ3n) is 1.58. The zero-order valence-corrected chi connectivity index (χ0v) is 9.88. The van der Waals surface area contributed by atoms with E-state index in [4.69, 9.17) is 11.6 Å². The second kappa shape index (κ2) is 5.18. The molecule has 1 aromatic rings. The van der Waals surface area contributed by atoms with E-state index >= 15 is 0 Å². The third-order valence-corrected chi connectivity index (χ3v) is 2.25. The first kappa shape index (κ1) is 12.8. The number of hydrogen-bond donors (Lipinski definition) is 1. The maximum absolute atomic E-state index is 11.8. The van der Waals surface area contributed by atoms with Gasteiger partial charge in [0, 0.05) is 16.0 Å². The summed E-state index contributed by atoms with van der Waals surface area (Å²) in [4.78, 5) is 0. The van der Waals surface area contributed by atoms with Crippen molar-refractivity contribution in [1.82, 2.24) is 5.32 Å². The number of halogens is 5. The van der Waals surface area contributed by atoms with Crippen LogP contribution in [0.15, 0.2) is 22.7 Å². The van der Waals surface area contributed by atoms with Gasteiger partial charge < -0.3 is 5.32 Å². The van der Waals surface area contributed by atoms with Gasteiger partial charge in [-0.1, -0.05) is 27.5 Å². The van der Waals surface area contributed by atoms with Crippen molar-refractivity contribution in [2.24, 2.45) is 0 Å². The number of alkyl halides is 3. The van der Waals surface area contributed by atoms with Crippen molar-refractivity contribution in [3.05, 3.63) is 33.3 Å². The normalized spacial score (nSPS) is 11.8. The summed E-state index contributed by atoms with van der Waals surface area (Å²) in [5, 5.41) is 2.79. The van der Waals surface area contributed by atoms with Crippen molar-refractivity contribution >= 4 is 27.5 Å². The Bertz CT molecular complexity index is 320. The molecule has 6 heteroatoms. The second-order valence-electron chi connectivity index (χ2n) is 3.00.